The first-order valence-corrected chi connectivity index (χ1v) is 9.59. The molecule has 2 heterocycles. The number of carbonyl (C=O) groups is 1. The van der Waals surface area contributed by atoms with Gasteiger partial charge in [0.15, 0.2) is 0 Å². The summed E-state index contributed by atoms with van der Waals surface area (Å²) in [5.41, 5.74) is 4.83. The SMILES string of the molecule is CN(C)c1cccc(C2=CC3CCC(C2)N3C(=O)OCc2ccccc2)c1. The van der Waals surface area contributed by atoms with E-state index in [9.17, 15) is 4.79 Å². The highest BCUT2D eigenvalue weighted by atomic mass is 16.6. The van der Waals surface area contributed by atoms with Gasteiger partial charge in [0.2, 0.25) is 0 Å². The second kappa shape index (κ2) is 7.47. The lowest BCUT2D eigenvalue weighted by atomic mass is 9.94. The molecular weight excluding hydrogens is 336 g/mol. The number of fused-ring (bicyclic) bond motifs is 2. The number of ether oxygens (including phenoxy) is 1. The molecule has 27 heavy (non-hydrogen) atoms. The molecule has 2 bridgehead atoms. The first-order chi connectivity index (χ1) is 13.1. The Morgan fingerprint density at radius 2 is 1.93 bits per heavy atom. The topological polar surface area (TPSA) is 32.8 Å². The summed E-state index contributed by atoms with van der Waals surface area (Å²) in [6.07, 6.45) is 5.03. The van der Waals surface area contributed by atoms with Gasteiger partial charge in [-0.3, -0.25) is 4.90 Å². The monoisotopic (exact) mass is 362 g/mol. The molecule has 2 aromatic rings. The van der Waals surface area contributed by atoms with E-state index in [0.29, 0.717) is 6.61 Å². The predicted octanol–water partition coefficient (Wildman–Crippen LogP) is 4.71. The molecule has 0 aromatic heterocycles. The largest absolute Gasteiger partial charge is 0.445 e. The second-order valence-electron chi connectivity index (χ2n) is 7.59. The molecule has 4 nitrogen and oxygen atoms in total. The van der Waals surface area contributed by atoms with E-state index in [1.165, 1.54) is 16.8 Å². The van der Waals surface area contributed by atoms with Crippen molar-refractivity contribution in [1.29, 1.82) is 0 Å². The minimum Gasteiger partial charge on any atom is -0.445 e. The summed E-state index contributed by atoms with van der Waals surface area (Å²) < 4.78 is 5.59. The number of rotatable bonds is 4. The fourth-order valence-corrected chi connectivity index (χ4v) is 4.11. The normalized spacial score (nSPS) is 21.0. The van der Waals surface area contributed by atoms with Crippen LogP contribution in [-0.4, -0.2) is 37.2 Å². The van der Waals surface area contributed by atoms with Crippen molar-refractivity contribution in [1.82, 2.24) is 4.90 Å². The molecule has 2 atom stereocenters. The molecule has 140 valence electrons. The van der Waals surface area contributed by atoms with Crippen LogP contribution < -0.4 is 4.90 Å². The Balaban J connectivity index is 1.47. The van der Waals surface area contributed by atoms with Gasteiger partial charge in [0.05, 0.1) is 6.04 Å². The third kappa shape index (κ3) is 3.70. The molecule has 1 saturated heterocycles. The molecule has 1 amide bonds. The van der Waals surface area contributed by atoms with Crippen LogP contribution in [0, 0.1) is 0 Å². The third-order valence-electron chi connectivity index (χ3n) is 5.54. The highest BCUT2D eigenvalue weighted by Gasteiger charge is 2.40. The quantitative estimate of drug-likeness (QED) is 0.790. The van der Waals surface area contributed by atoms with Gasteiger partial charge in [-0.15, -0.1) is 0 Å². The van der Waals surface area contributed by atoms with Crippen LogP contribution in [0.15, 0.2) is 60.7 Å². The van der Waals surface area contributed by atoms with Gasteiger partial charge in [-0.05, 0) is 48.1 Å². The van der Waals surface area contributed by atoms with Crippen molar-refractivity contribution in [3.05, 3.63) is 71.8 Å². The predicted molar refractivity (Wildman–Crippen MR) is 109 cm³/mol. The van der Waals surface area contributed by atoms with E-state index in [1.807, 2.05) is 35.2 Å². The third-order valence-corrected chi connectivity index (χ3v) is 5.54. The summed E-state index contributed by atoms with van der Waals surface area (Å²) in [4.78, 5) is 16.8. The van der Waals surface area contributed by atoms with Gasteiger partial charge in [-0.2, -0.15) is 0 Å². The van der Waals surface area contributed by atoms with Gasteiger partial charge >= 0.3 is 6.09 Å². The van der Waals surface area contributed by atoms with Crippen molar-refractivity contribution in [3.8, 4) is 0 Å². The van der Waals surface area contributed by atoms with E-state index in [-0.39, 0.29) is 18.2 Å². The minimum atomic E-state index is -0.191. The zero-order valence-electron chi connectivity index (χ0n) is 16.0. The van der Waals surface area contributed by atoms with Crippen molar-refractivity contribution < 1.29 is 9.53 Å². The van der Waals surface area contributed by atoms with Crippen LogP contribution in [0.4, 0.5) is 10.5 Å². The minimum absolute atomic E-state index is 0.144. The molecule has 0 saturated carbocycles. The standard InChI is InChI=1S/C23H26N2O2/c1-24(2)20-10-6-9-18(13-20)19-14-21-11-12-22(15-19)25(21)23(26)27-16-17-7-4-3-5-8-17/h3-10,13-14,21-22H,11-12,15-16H2,1-2H3. The van der Waals surface area contributed by atoms with Crippen molar-refractivity contribution in [2.45, 2.75) is 38.0 Å². The first-order valence-electron chi connectivity index (χ1n) is 9.59. The van der Waals surface area contributed by atoms with Crippen LogP contribution in [0.5, 0.6) is 0 Å². The van der Waals surface area contributed by atoms with Gasteiger partial charge in [0.1, 0.15) is 6.61 Å². The Hall–Kier alpha value is -2.75. The Bertz CT molecular complexity index is 844. The van der Waals surface area contributed by atoms with Crippen molar-refractivity contribution in [3.63, 3.8) is 0 Å². The molecule has 2 aromatic carbocycles. The van der Waals surface area contributed by atoms with E-state index in [1.54, 1.807) is 0 Å². The lowest BCUT2D eigenvalue weighted by Crippen LogP contribution is -2.43. The van der Waals surface area contributed by atoms with Crippen molar-refractivity contribution in [2.24, 2.45) is 0 Å². The summed E-state index contributed by atoms with van der Waals surface area (Å²) in [6.45, 7) is 0.330. The Morgan fingerprint density at radius 1 is 1.11 bits per heavy atom. The maximum absolute atomic E-state index is 12.7. The highest BCUT2D eigenvalue weighted by Crippen LogP contribution is 2.39. The zero-order valence-corrected chi connectivity index (χ0v) is 16.0. The molecule has 2 unspecified atom stereocenters. The molecule has 1 fully saturated rings. The molecule has 2 aliphatic rings. The van der Waals surface area contributed by atoms with Crippen molar-refractivity contribution >= 4 is 17.4 Å². The Kier molecular flexibility index (Phi) is 4.88. The zero-order chi connectivity index (χ0) is 18.8. The van der Waals surface area contributed by atoms with Gasteiger partial charge in [-0.1, -0.05) is 48.5 Å². The second-order valence-corrected chi connectivity index (χ2v) is 7.59. The van der Waals surface area contributed by atoms with Crippen LogP contribution >= 0.6 is 0 Å². The van der Waals surface area contributed by atoms with E-state index < -0.39 is 0 Å². The van der Waals surface area contributed by atoms with Crippen LogP contribution in [0.25, 0.3) is 5.57 Å². The van der Waals surface area contributed by atoms with Gasteiger partial charge < -0.3 is 9.64 Å². The molecule has 0 radical (unpaired) electrons. The summed E-state index contributed by atoms with van der Waals surface area (Å²) in [7, 11) is 4.12. The highest BCUT2D eigenvalue weighted by molar-refractivity contribution is 5.76. The summed E-state index contributed by atoms with van der Waals surface area (Å²) in [6, 6.07) is 18.9. The average Bonchev–Trinajstić information content (AvgIpc) is 2.96. The molecule has 0 spiro atoms. The van der Waals surface area contributed by atoms with Crippen LogP contribution in [0.3, 0.4) is 0 Å². The first kappa shape index (κ1) is 17.7. The smallest absolute Gasteiger partial charge is 0.410 e. The summed E-state index contributed by atoms with van der Waals surface area (Å²) >= 11 is 0. The maximum atomic E-state index is 12.7. The number of amides is 1. The number of benzene rings is 2. The Labute approximate surface area is 161 Å². The molecule has 4 heteroatoms. The summed E-state index contributed by atoms with van der Waals surface area (Å²) in [5, 5.41) is 0. The van der Waals surface area contributed by atoms with Crippen LogP contribution in [0.1, 0.15) is 30.4 Å². The molecule has 4 rings (SSSR count). The van der Waals surface area contributed by atoms with E-state index in [2.05, 4.69) is 49.3 Å². The van der Waals surface area contributed by atoms with Gasteiger partial charge in [-0.25, -0.2) is 4.79 Å². The summed E-state index contributed by atoms with van der Waals surface area (Å²) in [5.74, 6) is 0. The van der Waals surface area contributed by atoms with E-state index >= 15 is 0 Å². The number of anilines is 1. The molecular formula is C23H26N2O2. The molecule has 0 N–H and O–H groups in total. The number of hydrogen-bond acceptors (Lipinski definition) is 3. The fourth-order valence-electron chi connectivity index (χ4n) is 4.11. The molecule has 2 aliphatic heterocycles. The average molecular weight is 362 g/mol. The van der Waals surface area contributed by atoms with E-state index in [4.69, 9.17) is 4.74 Å². The number of hydrogen-bond donors (Lipinski definition) is 0. The van der Waals surface area contributed by atoms with Gasteiger partial charge in [0.25, 0.3) is 0 Å². The Morgan fingerprint density at radius 3 is 2.67 bits per heavy atom. The number of nitrogens with zero attached hydrogens (tertiary/aromatic N) is 2. The fraction of sp³-hybridized carbons (Fsp3) is 0.348. The van der Waals surface area contributed by atoms with Gasteiger partial charge in [0, 0.05) is 25.8 Å². The van der Waals surface area contributed by atoms with Crippen molar-refractivity contribution in [2.75, 3.05) is 19.0 Å². The lowest BCUT2D eigenvalue weighted by molar-refractivity contribution is 0.0832. The lowest BCUT2D eigenvalue weighted by Gasteiger charge is -2.33. The number of carbonyl (C=O) groups excluding carboxylic acids is 1. The van der Waals surface area contributed by atoms with Crippen LogP contribution in [-0.2, 0) is 11.3 Å². The molecule has 0 aliphatic carbocycles. The van der Waals surface area contributed by atoms with Crippen LogP contribution in [0.2, 0.25) is 0 Å². The maximum Gasteiger partial charge on any atom is 0.410 e. The van der Waals surface area contributed by atoms with E-state index in [0.717, 1.165) is 24.8 Å².